The van der Waals surface area contributed by atoms with Gasteiger partial charge in [-0.3, -0.25) is 4.79 Å². The van der Waals surface area contributed by atoms with Gasteiger partial charge in [0.25, 0.3) is 0 Å². The van der Waals surface area contributed by atoms with Crippen molar-refractivity contribution < 1.29 is 9.53 Å². The number of nitrogens with zero attached hydrogens (tertiary/aromatic N) is 2. The van der Waals surface area contributed by atoms with Crippen LogP contribution in [0.1, 0.15) is 18.9 Å². The molecule has 1 aromatic rings. The fourth-order valence-corrected chi connectivity index (χ4v) is 3.08. The van der Waals surface area contributed by atoms with Crippen LogP contribution in [-0.2, 0) is 16.0 Å². The number of morpholine rings is 1. The Balaban J connectivity index is 1.68. The summed E-state index contributed by atoms with van der Waals surface area (Å²) in [4.78, 5) is 16.6. The van der Waals surface area contributed by atoms with Crippen LogP contribution in [0.15, 0.2) is 24.3 Å². The normalized spacial score (nSPS) is 22.6. The highest BCUT2D eigenvalue weighted by Gasteiger charge is 2.25. The molecule has 2 aliphatic heterocycles. The van der Waals surface area contributed by atoms with Gasteiger partial charge in [-0.05, 0) is 31.4 Å². The van der Waals surface area contributed by atoms with E-state index < -0.39 is 0 Å². The molecule has 2 heterocycles. The molecular formula is C16H22N2O2. The Morgan fingerprint density at radius 1 is 1.35 bits per heavy atom. The number of carbonyl (C=O) groups is 1. The number of rotatable bonds is 2. The first-order valence-electron chi connectivity index (χ1n) is 7.46. The molecule has 20 heavy (non-hydrogen) atoms. The standard InChI is InChI=1S/C16H22N2O2/c1-13-11-18(9-10-20-13)16(19)12-17-8-4-6-14-5-2-3-7-15(14)17/h2-3,5,7,13H,4,6,8-12H2,1H3. The second-order valence-electron chi connectivity index (χ2n) is 5.67. The topological polar surface area (TPSA) is 32.8 Å². The van der Waals surface area contributed by atoms with Gasteiger partial charge in [0.2, 0.25) is 5.91 Å². The lowest BCUT2D eigenvalue weighted by atomic mass is 10.0. The van der Waals surface area contributed by atoms with Crippen molar-refractivity contribution in [1.29, 1.82) is 0 Å². The number of benzene rings is 1. The van der Waals surface area contributed by atoms with Crippen molar-refractivity contribution in [2.45, 2.75) is 25.9 Å². The number of anilines is 1. The Morgan fingerprint density at radius 3 is 3.05 bits per heavy atom. The maximum atomic E-state index is 12.5. The van der Waals surface area contributed by atoms with Crippen molar-refractivity contribution in [1.82, 2.24) is 4.90 Å². The fraction of sp³-hybridized carbons (Fsp3) is 0.562. The first-order chi connectivity index (χ1) is 9.74. The van der Waals surface area contributed by atoms with Crippen LogP contribution in [0.3, 0.4) is 0 Å². The monoisotopic (exact) mass is 274 g/mol. The van der Waals surface area contributed by atoms with E-state index in [1.54, 1.807) is 0 Å². The van der Waals surface area contributed by atoms with E-state index in [4.69, 9.17) is 4.74 Å². The summed E-state index contributed by atoms with van der Waals surface area (Å²) < 4.78 is 5.50. The van der Waals surface area contributed by atoms with Gasteiger partial charge >= 0.3 is 0 Å². The number of hydrogen-bond donors (Lipinski definition) is 0. The van der Waals surface area contributed by atoms with Gasteiger partial charge in [0.1, 0.15) is 0 Å². The number of hydrogen-bond acceptors (Lipinski definition) is 3. The number of para-hydroxylation sites is 1. The molecule has 1 saturated heterocycles. The molecule has 1 amide bonds. The third kappa shape index (κ3) is 2.80. The summed E-state index contributed by atoms with van der Waals surface area (Å²) >= 11 is 0. The Labute approximate surface area is 120 Å². The van der Waals surface area contributed by atoms with Crippen molar-refractivity contribution in [3.63, 3.8) is 0 Å². The minimum Gasteiger partial charge on any atom is -0.375 e. The van der Waals surface area contributed by atoms with Crippen molar-refractivity contribution in [2.75, 3.05) is 37.7 Å². The first kappa shape index (κ1) is 13.4. The van der Waals surface area contributed by atoms with E-state index in [0.717, 1.165) is 25.9 Å². The van der Waals surface area contributed by atoms with E-state index in [2.05, 4.69) is 29.2 Å². The van der Waals surface area contributed by atoms with Crippen LogP contribution in [-0.4, -0.2) is 49.7 Å². The van der Waals surface area contributed by atoms with E-state index >= 15 is 0 Å². The minimum atomic E-state index is 0.154. The number of carbonyl (C=O) groups excluding carboxylic acids is 1. The smallest absolute Gasteiger partial charge is 0.242 e. The second-order valence-corrected chi connectivity index (χ2v) is 5.67. The van der Waals surface area contributed by atoms with Crippen LogP contribution < -0.4 is 4.90 Å². The van der Waals surface area contributed by atoms with Gasteiger partial charge in [0.15, 0.2) is 0 Å². The lowest BCUT2D eigenvalue weighted by Crippen LogP contribution is -2.49. The van der Waals surface area contributed by atoms with Crippen LogP contribution >= 0.6 is 0 Å². The summed E-state index contributed by atoms with van der Waals surface area (Å²) in [6, 6.07) is 8.43. The van der Waals surface area contributed by atoms with Crippen LogP contribution in [0.25, 0.3) is 0 Å². The first-order valence-corrected chi connectivity index (χ1v) is 7.46. The highest BCUT2D eigenvalue weighted by Crippen LogP contribution is 2.26. The van der Waals surface area contributed by atoms with Crippen LogP contribution in [0.2, 0.25) is 0 Å². The lowest BCUT2D eigenvalue weighted by molar-refractivity contribution is -0.136. The van der Waals surface area contributed by atoms with Gasteiger partial charge in [0, 0.05) is 25.3 Å². The molecule has 3 rings (SSSR count). The fourth-order valence-electron chi connectivity index (χ4n) is 3.08. The van der Waals surface area contributed by atoms with E-state index in [9.17, 15) is 4.79 Å². The van der Waals surface area contributed by atoms with Gasteiger partial charge in [-0.15, -0.1) is 0 Å². The van der Waals surface area contributed by atoms with Gasteiger partial charge < -0.3 is 14.5 Å². The molecule has 0 spiro atoms. The second kappa shape index (κ2) is 5.83. The molecule has 0 aromatic heterocycles. The molecule has 1 unspecified atom stereocenters. The summed E-state index contributed by atoms with van der Waals surface area (Å²) in [6.07, 6.45) is 2.40. The molecule has 2 aliphatic rings. The van der Waals surface area contributed by atoms with Gasteiger partial charge in [-0.25, -0.2) is 0 Å². The molecule has 0 radical (unpaired) electrons. The number of fused-ring (bicyclic) bond motifs is 1. The average molecular weight is 274 g/mol. The maximum Gasteiger partial charge on any atom is 0.242 e. The minimum absolute atomic E-state index is 0.154. The summed E-state index contributed by atoms with van der Waals surface area (Å²) in [7, 11) is 0. The predicted molar refractivity (Wildman–Crippen MR) is 79.0 cm³/mol. The summed E-state index contributed by atoms with van der Waals surface area (Å²) in [5, 5.41) is 0. The Morgan fingerprint density at radius 2 is 2.20 bits per heavy atom. The third-order valence-electron chi connectivity index (χ3n) is 4.13. The highest BCUT2D eigenvalue weighted by molar-refractivity contribution is 5.82. The largest absolute Gasteiger partial charge is 0.375 e. The zero-order valence-corrected chi connectivity index (χ0v) is 12.0. The maximum absolute atomic E-state index is 12.5. The molecule has 0 aliphatic carbocycles. The van der Waals surface area contributed by atoms with Gasteiger partial charge in [-0.1, -0.05) is 18.2 Å². The summed E-state index contributed by atoms with van der Waals surface area (Å²) in [5.41, 5.74) is 2.59. The SMILES string of the molecule is CC1CN(C(=O)CN2CCCc3ccccc32)CCO1. The Hall–Kier alpha value is -1.55. The molecule has 1 fully saturated rings. The average Bonchev–Trinajstić information content (AvgIpc) is 2.47. The molecule has 0 saturated carbocycles. The zero-order chi connectivity index (χ0) is 13.9. The molecule has 1 aromatic carbocycles. The summed E-state index contributed by atoms with van der Waals surface area (Å²) in [5.74, 6) is 0.219. The number of ether oxygens (including phenoxy) is 1. The van der Waals surface area contributed by atoms with Crippen LogP contribution in [0.5, 0.6) is 0 Å². The molecule has 0 bridgehead atoms. The molecule has 108 valence electrons. The molecule has 4 heteroatoms. The number of aryl methyl sites for hydroxylation is 1. The zero-order valence-electron chi connectivity index (χ0n) is 12.0. The van der Waals surface area contributed by atoms with Crippen LogP contribution in [0.4, 0.5) is 5.69 Å². The molecule has 1 atom stereocenters. The van der Waals surface area contributed by atoms with Crippen molar-refractivity contribution in [2.24, 2.45) is 0 Å². The van der Waals surface area contributed by atoms with E-state index in [1.165, 1.54) is 11.3 Å². The van der Waals surface area contributed by atoms with Crippen molar-refractivity contribution >= 4 is 11.6 Å². The van der Waals surface area contributed by atoms with E-state index in [-0.39, 0.29) is 12.0 Å². The van der Waals surface area contributed by atoms with Gasteiger partial charge in [0.05, 0.1) is 19.3 Å². The highest BCUT2D eigenvalue weighted by atomic mass is 16.5. The molecule has 0 N–H and O–H groups in total. The van der Waals surface area contributed by atoms with E-state index in [1.807, 2.05) is 11.8 Å². The Kier molecular flexibility index (Phi) is 3.92. The van der Waals surface area contributed by atoms with E-state index in [0.29, 0.717) is 19.7 Å². The third-order valence-corrected chi connectivity index (χ3v) is 4.13. The molecular weight excluding hydrogens is 252 g/mol. The van der Waals surface area contributed by atoms with Crippen molar-refractivity contribution in [3.8, 4) is 0 Å². The Bertz CT molecular complexity index is 489. The quantitative estimate of drug-likeness (QED) is 0.822. The molecule has 4 nitrogen and oxygen atoms in total. The predicted octanol–water partition coefficient (Wildman–Crippen LogP) is 1.69. The number of amides is 1. The van der Waals surface area contributed by atoms with Crippen LogP contribution in [0, 0.1) is 0 Å². The lowest BCUT2D eigenvalue weighted by Gasteiger charge is -2.35. The van der Waals surface area contributed by atoms with Gasteiger partial charge in [-0.2, -0.15) is 0 Å². The van der Waals surface area contributed by atoms with Crippen molar-refractivity contribution in [3.05, 3.63) is 29.8 Å². The summed E-state index contributed by atoms with van der Waals surface area (Å²) in [6.45, 7) is 5.58.